The molecule has 20 heavy (non-hydrogen) atoms. The molecule has 0 unspecified atom stereocenters. The standard InChI is InChI=1S/C14H21N3O3/c1-4-7-17(9-13(19)16(2)3)14(20)10-5-6-11(15)12(18)8-10/h5-6,8,18H,4,7,9,15H2,1-3H3. The van der Waals surface area contributed by atoms with E-state index in [0.29, 0.717) is 12.1 Å². The molecule has 6 heteroatoms. The van der Waals surface area contributed by atoms with E-state index in [0.717, 1.165) is 6.42 Å². The number of phenolic OH excluding ortho intramolecular Hbond substituents is 1. The van der Waals surface area contributed by atoms with Gasteiger partial charge >= 0.3 is 0 Å². The summed E-state index contributed by atoms with van der Waals surface area (Å²) in [7, 11) is 3.29. The number of nitrogens with zero attached hydrogens (tertiary/aromatic N) is 2. The Balaban J connectivity index is 2.92. The Kier molecular flexibility index (Phi) is 5.37. The molecule has 0 aliphatic rings. The summed E-state index contributed by atoms with van der Waals surface area (Å²) in [4.78, 5) is 27.0. The highest BCUT2D eigenvalue weighted by Crippen LogP contribution is 2.21. The van der Waals surface area contributed by atoms with Gasteiger partial charge in [0.25, 0.3) is 5.91 Å². The minimum Gasteiger partial charge on any atom is -0.506 e. The summed E-state index contributed by atoms with van der Waals surface area (Å²) in [5.74, 6) is -0.574. The molecule has 0 bridgehead atoms. The van der Waals surface area contributed by atoms with E-state index in [1.807, 2.05) is 6.92 Å². The molecule has 0 aromatic heterocycles. The van der Waals surface area contributed by atoms with Gasteiger partial charge in [-0.25, -0.2) is 0 Å². The Labute approximate surface area is 118 Å². The predicted molar refractivity (Wildman–Crippen MR) is 77.4 cm³/mol. The highest BCUT2D eigenvalue weighted by molar-refractivity contribution is 5.97. The number of benzene rings is 1. The van der Waals surface area contributed by atoms with E-state index in [9.17, 15) is 14.7 Å². The first-order chi connectivity index (χ1) is 9.36. The van der Waals surface area contributed by atoms with Crippen LogP contribution in [0.1, 0.15) is 23.7 Å². The summed E-state index contributed by atoms with van der Waals surface area (Å²) in [6, 6.07) is 4.33. The molecule has 0 atom stereocenters. The zero-order chi connectivity index (χ0) is 15.3. The second kappa shape index (κ2) is 6.79. The van der Waals surface area contributed by atoms with Crippen molar-refractivity contribution in [2.24, 2.45) is 0 Å². The van der Waals surface area contributed by atoms with E-state index in [2.05, 4.69) is 0 Å². The van der Waals surface area contributed by atoms with Gasteiger partial charge in [-0.2, -0.15) is 0 Å². The van der Waals surface area contributed by atoms with Crippen LogP contribution in [-0.4, -0.2) is 53.9 Å². The quantitative estimate of drug-likeness (QED) is 0.619. The molecular weight excluding hydrogens is 258 g/mol. The average molecular weight is 279 g/mol. The minimum atomic E-state index is -0.294. The fourth-order valence-corrected chi connectivity index (χ4v) is 1.69. The lowest BCUT2D eigenvalue weighted by Crippen LogP contribution is -2.40. The van der Waals surface area contributed by atoms with Crippen LogP contribution in [0.4, 0.5) is 5.69 Å². The van der Waals surface area contributed by atoms with E-state index in [1.54, 1.807) is 20.2 Å². The van der Waals surface area contributed by atoms with E-state index < -0.39 is 0 Å². The molecule has 0 aliphatic heterocycles. The van der Waals surface area contributed by atoms with E-state index in [-0.39, 0.29) is 29.8 Å². The second-order valence-electron chi connectivity index (χ2n) is 4.79. The van der Waals surface area contributed by atoms with Crippen molar-refractivity contribution in [3.8, 4) is 5.75 Å². The Bertz CT molecular complexity index is 500. The van der Waals surface area contributed by atoms with Crippen molar-refractivity contribution < 1.29 is 14.7 Å². The van der Waals surface area contributed by atoms with Gasteiger partial charge in [-0.3, -0.25) is 9.59 Å². The van der Waals surface area contributed by atoms with Gasteiger partial charge in [0.15, 0.2) is 0 Å². The number of likely N-dealkylation sites (N-methyl/N-ethyl adjacent to an activating group) is 1. The number of nitrogens with two attached hydrogens (primary N) is 1. The van der Waals surface area contributed by atoms with Crippen LogP contribution in [0.2, 0.25) is 0 Å². The molecule has 110 valence electrons. The number of phenols is 1. The van der Waals surface area contributed by atoms with Gasteiger partial charge in [0, 0.05) is 26.2 Å². The summed E-state index contributed by atoms with van der Waals surface area (Å²) in [6.45, 7) is 2.43. The number of carbonyl (C=O) groups excluding carboxylic acids is 2. The number of aromatic hydroxyl groups is 1. The topological polar surface area (TPSA) is 86.9 Å². The zero-order valence-corrected chi connectivity index (χ0v) is 12.1. The highest BCUT2D eigenvalue weighted by Gasteiger charge is 2.19. The summed E-state index contributed by atoms with van der Waals surface area (Å²) in [6.07, 6.45) is 0.743. The number of hydrogen-bond donors (Lipinski definition) is 2. The monoisotopic (exact) mass is 279 g/mol. The van der Waals surface area contributed by atoms with Crippen LogP contribution in [0.3, 0.4) is 0 Å². The zero-order valence-electron chi connectivity index (χ0n) is 12.1. The largest absolute Gasteiger partial charge is 0.506 e. The molecule has 1 aromatic carbocycles. The Morgan fingerprint density at radius 1 is 1.30 bits per heavy atom. The molecule has 1 rings (SSSR count). The first-order valence-electron chi connectivity index (χ1n) is 6.44. The molecule has 0 radical (unpaired) electrons. The Morgan fingerprint density at radius 3 is 2.45 bits per heavy atom. The van der Waals surface area contributed by atoms with Crippen LogP contribution in [0.15, 0.2) is 18.2 Å². The minimum absolute atomic E-state index is 0.0187. The number of hydrogen-bond acceptors (Lipinski definition) is 4. The van der Waals surface area contributed by atoms with Crippen molar-refractivity contribution in [1.82, 2.24) is 9.80 Å². The fourth-order valence-electron chi connectivity index (χ4n) is 1.69. The molecular formula is C14H21N3O3. The van der Waals surface area contributed by atoms with Gasteiger partial charge in [0.05, 0.1) is 5.69 Å². The molecule has 3 N–H and O–H groups in total. The summed E-state index contributed by atoms with van der Waals surface area (Å²) in [5.41, 5.74) is 6.04. The third-order valence-electron chi connectivity index (χ3n) is 2.88. The van der Waals surface area contributed by atoms with Crippen molar-refractivity contribution >= 4 is 17.5 Å². The average Bonchev–Trinajstić information content (AvgIpc) is 2.40. The number of amides is 2. The van der Waals surface area contributed by atoms with Gasteiger partial charge in [-0.15, -0.1) is 0 Å². The van der Waals surface area contributed by atoms with Gasteiger partial charge in [0.2, 0.25) is 5.91 Å². The van der Waals surface area contributed by atoms with Crippen LogP contribution in [0, 0.1) is 0 Å². The summed E-state index contributed by atoms with van der Waals surface area (Å²) >= 11 is 0. The molecule has 0 aliphatic carbocycles. The van der Waals surface area contributed by atoms with Gasteiger partial charge in [0.1, 0.15) is 12.3 Å². The normalized spacial score (nSPS) is 10.2. The lowest BCUT2D eigenvalue weighted by atomic mass is 10.1. The number of rotatable bonds is 5. The van der Waals surface area contributed by atoms with E-state index >= 15 is 0 Å². The first kappa shape index (κ1) is 15.8. The number of carbonyl (C=O) groups is 2. The molecule has 1 aromatic rings. The molecule has 6 nitrogen and oxygen atoms in total. The molecule has 0 saturated carbocycles. The molecule has 0 saturated heterocycles. The maximum absolute atomic E-state index is 12.4. The van der Waals surface area contributed by atoms with Crippen molar-refractivity contribution in [3.63, 3.8) is 0 Å². The second-order valence-corrected chi connectivity index (χ2v) is 4.79. The van der Waals surface area contributed by atoms with Gasteiger partial charge < -0.3 is 20.6 Å². The molecule has 0 fully saturated rings. The van der Waals surface area contributed by atoms with Gasteiger partial charge in [-0.1, -0.05) is 6.92 Å². The smallest absolute Gasteiger partial charge is 0.254 e. The van der Waals surface area contributed by atoms with Gasteiger partial charge in [-0.05, 0) is 24.6 Å². The Hall–Kier alpha value is -2.24. The Morgan fingerprint density at radius 2 is 1.95 bits per heavy atom. The maximum Gasteiger partial charge on any atom is 0.254 e. The highest BCUT2D eigenvalue weighted by atomic mass is 16.3. The molecule has 2 amide bonds. The van der Waals surface area contributed by atoms with Crippen molar-refractivity contribution in [2.75, 3.05) is 32.9 Å². The predicted octanol–water partition coefficient (Wildman–Crippen LogP) is 0.915. The van der Waals surface area contributed by atoms with E-state index in [1.165, 1.54) is 21.9 Å². The third-order valence-corrected chi connectivity index (χ3v) is 2.88. The first-order valence-corrected chi connectivity index (χ1v) is 6.44. The fraction of sp³-hybridized carbons (Fsp3) is 0.429. The third kappa shape index (κ3) is 3.88. The summed E-state index contributed by atoms with van der Waals surface area (Å²) < 4.78 is 0. The SMILES string of the molecule is CCCN(CC(=O)N(C)C)C(=O)c1ccc(N)c(O)c1. The lowest BCUT2D eigenvalue weighted by Gasteiger charge is -2.23. The van der Waals surface area contributed by atoms with Crippen LogP contribution < -0.4 is 5.73 Å². The van der Waals surface area contributed by atoms with Crippen molar-refractivity contribution in [1.29, 1.82) is 0 Å². The van der Waals surface area contributed by atoms with Crippen LogP contribution in [0.5, 0.6) is 5.75 Å². The number of nitrogen functional groups attached to an aromatic ring is 1. The van der Waals surface area contributed by atoms with Crippen LogP contribution in [-0.2, 0) is 4.79 Å². The number of anilines is 1. The van der Waals surface area contributed by atoms with Crippen molar-refractivity contribution in [3.05, 3.63) is 23.8 Å². The molecule has 0 spiro atoms. The maximum atomic E-state index is 12.4. The lowest BCUT2D eigenvalue weighted by molar-refractivity contribution is -0.129. The van der Waals surface area contributed by atoms with Crippen molar-refractivity contribution in [2.45, 2.75) is 13.3 Å². The van der Waals surface area contributed by atoms with Crippen LogP contribution in [0.25, 0.3) is 0 Å². The molecule has 0 heterocycles. The van der Waals surface area contributed by atoms with E-state index in [4.69, 9.17) is 5.73 Å². The summed E-state index contributed by atoms with van der Waals surface area (Å²) in [5, 5.41) is 9.56. The van der Waals surface area contributed by atoms with Crippen LogP contribution >= 0.6 is 0 Å².